The molecule has 0 saturated carbocycles. The standard InChI is InChI=1S/C77H120O6/c1-4-7-10-13-16-19-22-25-28-31-33-35-37-38-40-41-43-46-49-52-55-58-61-64-67-70-76(79)82-73-74(72-81-75(78)69-66-63-60-57-54-51-48-45-30-27-24-21-18-15-12-9-6-3)83-77(80)71-68-65-62-59-56-53-50-47-44-42-39-36-34-32-29-26-23-20-17-14-11-8-5-2/h7-8,10-11,16-21,25-30,33-36,38,40,42-44,46,50,53,59,62,74H,4-6,9,12-15,22-24,31-32,37,39,41,45,47-49,51-52,54-58,60-61,63-73H2,1-3H3/b10-7-,11-8-,19-16-,20-17-,21-18-,28-25-,29-26-,30-27-,35-33-,36-34-,40-38-,44-42-,46-43-,53-50-,62-59-. The fraction of sp³-hybridized carbons (Fsp3) is 0.571. The van der Waals surface area contributed by atoms with Gasteiger partial charge in [-0.15, -0.1) is 0 Å². The van der Waals surface area contributed by atoms with Crippen molar-refractivity contribution in [3.05, 3.63) is 182 Å². The summed E-state index contributed by atoms with van der Waals surface area (Å²) in [6, 6.07) is 0. The van der Waals surface area contributed by atoms with Crippen molar-refractivity contribution < 1.29 is 28.6 Å². The lowest BCUT2D eigenvalue weighted by molar-refractivity contribution is -0.167. The van der Waals surface area contributed by atoms with E-state index in [0.29, 0.717) is 19.3 Å². The highest BCUT2D eigenvalue weighted by Gasteiger charge is 2.19. The van der Waals surface area contributed by atoms with Crippen molar-refractivity contribution in [3.63, 3.8) is 0 Å². The second-order valence-corrected chi connectivity index (χ2v) is 21.3. The zero-order chi connectivity index (χ0) is 59.9. The number of allylic oxidation sites excluding steroid dienone is 30. The van der Waals surface area contributed by atoms with E-state index in [-0.39, 0.29) is 37.5 Å². The molecule has 0 aromatic rings. The molecule has 0 bridgehead atoms. The van der Waals surface area contributed by atoms with Crippen LogP contribution >= 0.6 is 0 Å². The molecule has 0 aliphatic heterocycles. The summed E-state index contributed by atoms with van der Waals surface area (Å²) in [6.45, 7) is 6.32. The lowest BCUT2D eigenvalue weighted by Gasteiger charge is -2.18. The Morgan fingerprint density at radius 2 is 0.482 bits per heavy atom. The third-order valence-corrected chi connectivity index (χ3v) is 13.4. The molecule has 1 atom stereocenters. The molecule has 0 aliphatic carbocycles. The second-order valence-electron chi connectivity index (χ2n) is 21.3. The summed E-state index contributed by atoms with van der Waals surface area (Å²) in [7, 11) is 0. The number of ether oxygens (including phenoxy) is 3. The molecule has 464 valence electrons. The van der Waals surface area contributed by atoms with E-state index < -0.39 is 6.10 Å². The third-order valence-electron chi connectivity index (χ3n) is 13.4. The highest BCUT2D eigenvalue weighted by atomic mass is 16.6. The monoisotopic (exact) mass is 1140 g/mol. The van der Waals surface area contributed by atoms with Crippen LogP contribution in [0.1, 0.15) is 265 Å². The minimum absolute atomic E-state index is 0.119. The van der Waals surface area contributed by atoms with Crippen molar-refractivity contribution in [2.75, 3.05) is 13.2 Å². The molecule has 0 rings (SSSR count). The fourth-order valence-corrected chi connectivity index (χ4v) is 8.46. The van der Waals surface area contributed by atoms with Gasteiger partial charge in [0.1, 0.15) is 13.2 Å². The van der Waals surface area contributed by atoms with E-state index in [1.165, 1.54) is 64.2 Å². The lowest BCUT2D eigenvalue weighted by Crippen LogP contribution is -2.30. The Labute approximate surface area is 510 Å². The molecule has 0 radical (unpaired) electrons. The van der Waals surface area contributed by atoms with E-state index in [4.69, 9.17) is 14.2 Å². The highest BCUT2D eigenvalue weighted by Crippen LogP contribution is 2.14. The summed E-state index contributed by atoms with van der Waals surface area (Å²) in [4.78, 5) is 38.4. The van der Waals surface area contributed by atoms with Gasteiger partial charge in [-0.1, -0.05) is 274 Å². The smallest absolute Gasteiger partial charge is 0.306 e. The quantitative estimate of drug-likeness (QED) is 0.0261. The van der Waals surface area contributed by atoms with Gasteiger partial charge in [-0.25, -0.2) is 0 Å². The predicted octanol–water partition coefficient (Wildman–Crippen LogP) is 23.2. The first kappa shape index (κ1) is 77.5. The van der Waals surface area contributed by atoms with Gasteiger partial charge >= 0.3 is 17.9 Å². The van der Waals surface area contributed by atoms with Gasteiger partial charge in [0.05, 0.1) is 0 Å². The molecule has 83 heavy (non-hydrogen) atoms. The molecule has 0 saturated heterocycles. The first-order chi connectivity index (χ1) is 41.0. The van der Waals surface area contributed by atoms with Crippen LogP contribution in [0.5, 0.6) is 0 Å². The zero-order valence-corrected chi connectivity index (χ0v) is 53.1. The number of unbranched alkanes of at least 4 members (excludes halogenated alkanes) is 17. The van der Waals surface area contributed by atoms with Crippen molar-refractivity contribution in [2.24, 2.45) is 0 Å². The van der Waals surface area contributed by atoms with Crippen LogP contribution in [0.15, 0.2) is 182 Å². The van der Waals surface area contributed by atoms with Crippen molar-refractivity contribution in [3.8, 4) is 0 Å². The van der Waals surface area contributed by atoms with E-state index >= 15 is 0 Å². The number of carbonyl (C=O) groups excluding carboxylic acids is 3. The second kappa shape index (κ2) is 69.0. The summed E-state index contributed by atoms with van der Waals surface area (Å²) in [6.07, 6.45) is 103. The Hall–Kier alpha value is -5.49. The van der Waals surface area contributed by atoms with Crippen molar-refractivity contribution >= 4 is 17.9 Å². The van der Waals surface area contributed by atoms with Gasteiger partial charge in [0.2, 0.25) is 0 Å². The van der Waals surface area contributed by atoms with Gasteiger partial charge in [0.15, 0.2) is 6.10 Å². The Bertz CT molecular complexity index is 1940. The first-order valence-corrected chi connectivity index (χ1v) is 33.3. The van der Waals surface area contributed by atoms with Gasteiger partial charge in [-0.05, 0) is 154 Å². The highest BCUT2D eigenvalue weighted by molar-refractivity contribution is 5.71. The van der Waals surface area contributed by atoms with E-state index in [1.807, 2.05) is 0 Å². The predicted molar refractivity (Wildman–Crippen MR) is 361 cm³/mol. The van der Waals surface area contributed by atoms with E-state index in [1.54, 1.807) is 0 Å². The van der Waals surface area contributed by atoms with Crippen LogP contribution in [0.4, 0.5) is 0 Å². The zero-order valence-electron chi connectivity index (χ0n) is 53.1. The molecule has 0 aliphatic rings. The molecular formula is C77H120O6. The average Bonchev–Trinajstić information content (AvgIpc) is 3.49. The molecule has 0 N–H and O–H groups in total. The molecule has 0 heterocycles. The maximum atomic E-state index is 12.9. The van der Waals surface area contributed by atoms with Crippen LogP contribution in [-0.4, -0.2) is 37.2 Å². The third kappa shape index (κ3) is 67.2. The van der Waals surface area contributed by atoms with Crippen LogP contribution in [0.25, 0.3) is 0 Å². The Morgan fingerprint density at radius 1 is 0.253 bits per heavy atom. The minimum Gasteiger partial charge on any atom is -0.462 e. The van der Waals surface area contributed by atoms with Crippen LogP contribution in [-0.2, 0) is 28.6 Å². The number of esters is 3. The summed E-state index contributed by atoms with van der Waals surface area (Å²) in [5.74, 6) is -1.01. The summed E-state index contributed by atoms with van der Waals surface area (Å²) >= 11 is 0. The van der Waals surface area contributed by atoms with Gasteiger partial charge in [0.25, 0.3) is 0 Å². The van der Waals surface area contributed by atoms with Crippen LogP contribution < -0.4 is 0 Å². The maximum absolute atomic E-state index is 12.9. The SMILES string of the molecule is CC/C=C\C/C=C\C/C=C\C/C=C\C/C=C\C/C=C\C/C=C\CCCC(=O)OC(COC(=O)CCCCCCCC/C=C\C/C=C\C/C=C\C/C=C\C/C=C\C/C=C\CC)COC(=O)CCCCCCCCC/C=C\C/C=C\CCCCC. The average molecular weight is 1140 g/mol. The number of hydrogen-bond donors (Lipinski definition) is 0. The summed E-state index contributed by atoms with van der Waals surface area (Å²) in [5.41, 5.74) is 0. The summed E-state index contributed by atoms with van der Waals surface area (Å²) < 4.78 is 16.9. The molecule has 6 nitrogen and oxygen atoms in total. The lowest BCUT2D eigenvalue weighted by atomic mass is 10.1. The number of rotatable bonds is 58. The molecular weight excluding hydrogens is 1020 g/mol. The molecule has 0 aromatic carbocycles. The van der Waals surface area contributed by atoms with Gasteiger partial charge in [-0.3, -0.25) is 14.4 Å². The molecule has 6 heteroatoms. The Kier molecular flexibility index (Phi) is 64.4. The van der Waals surface area contributed by atoms with Crippen LogP contribution in [0.2, 0.25) is 0 Å². The number of hydrogen-bond acceptors (Lipinski definition) is 6. The Morgan fingerprint density at radius 3 is 0.771 bits per heavy atom. The van der Waals surface area contributed by atoms with E-state index in [9.17, 15) is 14.4 Å². The topological polar surface area (TPSA) is 78.9 Å². The largest absolute Gasteiger partial charge is 0.462 e. The van der Waals surface area contributed by atoms with Gasteiger partial charge in [-0.2, -0.15) is 0 Å². The van der Waals surface area contributed by atoms with E-state index in [2.05, 4.69) is 203 Å². The van der Waals surface area contributed by atoms with Crippen LogP contribution in [0, 0.1) is 0 Å². The molecule has 0 aromatic heterocycles. The van der Waals surface area contributed by atoms with Gasteiger partial charge in [0, 0.05) is 19.3 Å². The normalized spacial score (nSPS) is 13.3. The van der Waals surface area contributed by atoms with Crippen LogP contribution in [0.3, 0.4) is 0 Å². The Balaban J connectivity index is 4.56. The summed E-state index contributed by atoms with van der Waals surface area (Å²) in [5, 5.41) is 0. The molecule has 0 spiro atoms. The van der Waals surface area contributed by atoms with Crippen molar-refractivity contribution in [1.29, 1.82) is 0 Å². The molecule has 0 fully saturated rings. The fourth-order valence-electron chi connectivity index (χ4n) is 8.46. The van der Waals surface area contributed by atoms with E-state index in [0.717, 1.165) is 154 Å². The maximum Gasteiger partial charge on any atom is 0.306 e. The first-order valence-electron chi connectivity index (χ1n) is 33.3. The minimum atomic E-state index is -0.831. The van der Waals surface area contributed by atoms with Gasteiger partial charge < -0.3 is 14.2 Å². The number of carbonyl (C=O) groups is 3. The van der Waals surface area contributed by atoms with Crippen molar-refractivity contribution in [2.45, 2.75) is 271 Å². The molecule has 1 unspecified atom stereocenters. The molecule has 0 amide bonds. The van der Waals surface area contributed by atoms with Crippen molar-refractivity contribution in [1.82, 2.24) is 0 Å².